The minimum absolute atomic E-state index is 0.0990. The molecular weight excluding hydrogens is 284 g/mol. The smallest absolute Gasteiger partial charge is 0.323 e. The molecule has 1 aliphatic heterocycles. The van der Waals surface area contributed by atoms with Gasteiger partial charge in [0.1, 0.15) is 11.3 Å². The van der Waals surface area contributed by atoms with E-state index < -0.39 is 27.3 Å². The third-order valence-corrected chi connectivity index (χ3v) is 5.48. The van der Waals surface area contributed by atoms with Crippen molar-refractivity contribution in [1.82, 2.24) is 19.6 Å². The second-order valence-corrected chi connectivity index (χ2v) is 6.69. The summed E-state index contributed by atoms with van der Waals surface area (Å²) < 4.78 is 26.2. The van der Waals surface area contributed by atoms with Crippen molar-refractivity contribution in [3.8, 4) is 0 Å². The molecule has 0 radical (unpaired) electrons. The zero-order chi connectivity index (χ0) is 14.8. The second kappa shape index (κ2) is 5.81. The number of nitrogens with one attached hydrogen (secondary N) is 1. The van der Waals surface area contributed by atoms with E-state index in [4.69, 9.17) is 5.11 Å². The molecule has 9 heteroatoms. The van der Waals surface area contributed by atoms with Crippen molar-refractivity contribution in [3.63, 3.8) is 0 Å². The molecule has 110 valence electrons. The third-order valence-electron chi connectivity index (χ3n) is 3.25. The van der Waals surface area contributed by atoms with Crippen molar-refractivity contribution in [1.29, 1.82) is 0 Å². The maximum Gasteiger partial charge on any atom is 0.323 e. The van der Waals surface area contributed by atoms with Crippen LogP contribution in [0.5, 0.6) is 0 Å². The molecule has 0 bridgehead atoms. The summed E-state index contributed by atoms with van der Waals surface area (Å²) in [7, 11) is -3.80. The highest BCUT2D eigenvalue weighted by Gasteiger charge is 2.40. The Hall–Kier alpha value is -1.58. The number of nitrogens with zero attached hydrogens (tertiary/aromatic N) is 3. The predicted molar refractivity (Wildman–Crippen MR) is 70.4 cm³/mol. The third kappa shape index (κ3) is 2.79. The van der Waals surface area contributed by atoms with Crippen LogP contribution >= 0.6 is 0 Å². The number of hydrogen-bond donors (Lipinski definition) is 2. The zero-order valence-electron chi connectivity index (χ0n) is 10.9. The average Bonchev–Trinajstić information content (AvgIpc) is 2.47. The van der Waals surface area contributed by atoms with Crippen LogP contribution < -0.4 is 5.32 Å². The van der Waals surface area contributed by atoms with E-state index in [1.54, 1.807) is 0 Å². The van der Waals surface area contributed by atoms with Crippen LogP contribution in [0.4, 0.5) is 0 Å². The molecule has 2 rings (SSSR count). The molecule has 1 aromatic rings. The van der Waals surface area contributed by atoms with Gasteiger partial charge in [0, 0.05) is 38.2 Å². The normalized spacial score (nSPS) is 22.4. The molecule has 1 aromatic heterocycles. The van der Waals surface area contributed by atoms with Crippen molar-refractivity contribution >= 4 is 16.0 Å². The van der Waals surface area contributed by atoms with E-state index in [1.165, 1.54) is 25.5 Å². The SMILES string of the molecule is C[C@@H](c1cnccn1)S(=O)(=O)N1CCNC[C@@H]1C(=O)O. The first-order valence-corrected chi connectivity index (χ1v) is 7.65. The lowest BCUT2D eigenvalue weighted by Gasteiger charge is -2.34. The highest BCUT2D eigenvalue weighted by atomic mass is 32.2. The molecular formula is C11H16N4O4S. The van der Waals surface area contributed by atoms with Gasteiger partial charge in [-0.1, -0.05) is 0 Å². The summed E-state index contributed by atoms with van der Waals surface area (Å²) in [6, 6.07) is -1.09. The molecule has 0 aliphatic carbocycles. The molecule has 1 aliphatic rings. The summed E-state index contributed by atoms with van der Waals surface area (Å²) in [5.74, 6) is -1.16. The van der Waals surface area contributed by atoms with Crippen LogP contribution in [-0.2, 0) is 14.8 Å². The summed E-state index contributed by atoms with van der Waals surface area (Å²) in [5, 5.41) is 11.1. The Morgan fingerprint density at radius 3 is 2.90 bits per heavy atom. The van der Waals surface area contributed by atoms with E-state index in [9.17, 15) is 13.2 Å². The topological polar surface area (TPSA) is 112 Å². The van der Waals surface area contributed by atoms with E-state index in [1.807, 2.05) is 0 Å². The Bertz CT molecular complexity index is 577. The summed E-state index contributed by atoms with van der Waals surface area (Å²) in [4.78, 5) is 19.0. The Labute approximate surface area is 116 Å². The van der Waals surface area contributed by atoms with Crippen LogP contribution in [0, 0.1) is 0 Å². The summed E-state index contributed by atoms with van der Waals surface area (Å²) >= 11 is 0. The summed E-state index contributed by atoms with van der Waals surface area (Å²) in [5.41, 5.74) is 0.301. The fraction of sp³-hybridized carbons (Fsp3) is 0.545. The molecule has 20 heavy (non-hydrogen) atoms. The maximum atomic E-state index is 12.6. The molecule has 0 spiro atoms. The second-order valence-electron chi connectivity index (χ2n) is 4.49. The summed E-state index contributed by atoms with van der Waals surface area (Å²) in [6.07, 6.45) is 4.24. The number of carbonyl (C=O) groups is 1. The van der Waals surface area contributed by atoms with Gasteiger partial charge in [-0.15, -0.1) is 0 Å². The molecule has 1 fully saturated rings. The predicted octanol–water partition coefficient (Wildman–Crippen LogP) is -0.774. The van der Waals surface area contributed by atoms with E-state index in [-0.39, 0.29) is 13.1 Å². The van der Waals surface area contributed by atoms with Gasteiger partial charge in [-0.2, -0.15) is 4.31 Å². The van der Waals surface area contributed by atoms with Gasteiger partial charge in [0.25, 0.3) is 0 Å². The van der Waals surface area contributed by atoms with E-state index >= 15 is 0 Å². The lowest BCUT2D eigenvalue weighted by Crippen LogP contribution is -2.57. The lowest BCUT2D eigenvalue weighted by molar-refractivity contribution is -0.141. The molecule has 1 saturated heterocycles. The molecule has 2 heterocycles. The molecule has 0 saturated carbocycles. The van der Waals surface area contributed by atoms with Crippen LogP contribution in [0.1, 0.15) is 17.9 Å². The van der Waals surface area contributed by atoms with E-state index in [0.717, 1.165) is 4.31 Å². The van der Waals surface area contributed by atoms with Crippen LogP contribution in [0.2, 0.25) is 0 Å². The number of sulfonamides is 1. The average molecular weight is 300 g/mol. The quantitative estimate of drug-likeness (QED) is 0.750. The molecule has 0 aromatic carbocycles. The Kier molecular flexibility index (Phi) is 4.31. The van der Waals surface area contributed by atoms with Crippen LogP contribution in [0.25, 0.3) is 0 Å². The molecule has 0 unspecified atom stereocenters. The van der Waals surface area contributed by atoms with Crippen molar-refractivity contribution in [2.75, 3.05) is 19.6 Å². The first-order valence-electron chi connectivity index (χ1n) is 6.14. The van der Waals surface area contributed by atoms with Crippen LogP contribution in [-0.4, -0.2) is 59.4 Å². The van der Waals surface area contributed by atoms with Crippen LogP contribution in [0.3, 0.4) is 0 Å². The number of carboxylic acids is 1. The number of piperazine rings is 1. The number of carboxylic acid groups (broad SMARTS) is 1. The zero-order valence-corrected chi connectivity index (χ0v) is 11.7. The van der Waals surface area contributed by atoms with Gasteiger partial charge in [-0.25, -0.2) is 8.42 Å². The maximum absolute atomic E-state index is 12.6. The Morgan fingerprint density at radius 1 is 1.55 bits per heavy atom. The van der Waals surface area contributed by atoms with Gasteiger partial charge >= 0.3 is 5.97 Å². The summed E-state index contributed by atoms with van der Waals surface area (Å²) in [6.45, 7) is 2.14. The fourth-order valence-corrected chi connectivity index (χ4v) is 3.78. The standard InChI is InChI=1S/C11H16N4O4S/c1-8(9-6-12-2-3-14-9)20(18,19)15-5-4-13-7-10(15)11(16)17/h2-3,6,8,10,13H,4-5,7H2,1H3,(H,16,17)/t8-,10+/m0/s1. The van der Waals surface area contributed by atoms with Crippen molar-refractivity contribution in [2.24, 2.45) is 0 Å². The van der Waals surface area contributed by atoms with Gasteiger partial charge in [-0.05, 0) is 6.92 Å². The Morgan fingerprint density at radius 2 is 2.30 bits per heavy atom. The lowest BCUT2D eigenvalue weighted by atomic mass is 10.2. The van der Waals surface area contributed by atoms with Crippen molar-refractivity contribution in [2.45, 2.75) is 18.2 Å². The van der Waals surface area contributed by atoms with Crippen molar-refractivity contribution in [3.05, 3.63) is 24.3 Å². The fourth-order valence-electron chi connectivity index (χ4n) is 2.08. The highest BCUT2D eigenvalue weighted by Crippen LogP contribution is 2.25. The molecule has 8 nitrogen and oxygen atoms in total. The largest absolute Gasteiger partial charge is 0.480 e. The number of rotatable bonds is 4. The minimum Gasteiger partial charge on any atom is -0.480 e. The monoisotopic (exact) mass is 300 g/mol. The first kappa shape index (κ1) is 14.8. The molecule has 2 atom stereocenters. The van der Waals surface area contributed by atoms with Crippen LogP contribution in [0.15, 0.2) is 18.6 Å². The van der Waals surface area contributed by atoms with Gasteiger partial charge in [0.05, 0.1) is 5.69 Å². The van der Waals surface area contributed by atoms with Gasteiger partial charge < -0.3 is 10.4 Å². The van der Waals surface area contributed by atoms with Gasteiger partial charge in [-0.3, -0.25) is 14.8 Å². The number of hydrogen-bond acceptors (Lipinski definition) is 6. The molecule has 0 amide bonds. The van der Waals surface area contributed by atoms with E-state index in [2.05, 4.69) is 15.3 Å². The molecule has 2 N–H and O–H groups in total. The van der Waals surface area contributed by atoms with E-state index in [0.29, 0.717) is 12.2 Å². The minimum atomic E-state index is -3.80. The van der Waals surface area contributed by atoms with Gasteiger partial charge in [0.2, 0.25) is 10.0 Å². The number of aromatic nitrogens is 2. The first-order chi connectivity index (χ1) is 9.44. The van der Waals surface area contributed by atoms with Gasteiger partial charge in [0.15, 0.2) is 0 Å². The number of aliphatic carboxylic acids is 1. The van der Waals surface area contributed by atoms with Crippen molar-refractivity contribution < 1.29 is 18.3 Å². The Balaban J connectivity index is 2.31. The highest BCUT2D eigenvalue weighted by molar-refractivity contribution is 7.89.